The topological polar surface area (TPSA) is 124 Å². The lowest BCUT2D eigenvalue weighted by atomic mass is 10.2. The third kappa shape index (κ3) is 4.87. The van der Waals surface area contributed by atoms with E-state index in [1.54, 1.807) is 12.1 Å². The highest BCUT2D eigenvalue weighted by Gasteiger charge is 2.47. The van der Waals surface area contributed by atoms with E-state index < -0.39 is 52.6 Å². The summed E-state index contributed by atoms with van der Waals surface area (Å²) in [5.41, 5.74) is 0. The molecule has 8 nitrogen and oxygen atoms in total. The molecule has 1 unspecified atom stereocenters. The Kier molecular flexibility index (Phi) is 5.83. The molecule has 2 fully saturated rings. The van der Waals surface area contributed by atoms with Crippen molar-refractivity contribution in [2.45, 2.75) is 48.6 Å². The first-order valence-corrected chi connectivity index (χ1v) is 14.2. The van der Waals surface area contributed by atoms with Crippen LogP contribution >= 0.6 is 0 Å². The molecule has 2 heterocycles. The summed E-state index contributed by atoms with van der Waals surface area (Å²) in [5.74, 6) is -0.339. The van der Waals surface area contributed by atoms with E-state index in [0.717, 1.165) is 0 Å². The summed E-state index contributed by atoms with van der Waals surface area (Å²) >= 11 is 0. The van der Waals surface area contributed by atoms with Crippen LogP contribution in [0.1, 0.15) is 20.3 Å². The molecule has 11 heteroatoms. The van der Waals surface area contributed by atoms with Crippen LogP contribution in [-0.2, 0) is 29.5 Å². The average molecular weight is 452 g/mol. The first-order valence-electron chi connectivity index (χ1n) is 9.05. The highest BCUT2D eigenvalue weighted by Crippen LogP contribution is 2.28. The second kappa shape index (κ2) is 7.58. The third-order valence-electron chi connectivity index (χ3n) is 4.91. The van der Waals surface area contributed by atoms with Crippen molar-refractivity contribution < 1.29 is 30.0 Å². The van der Waals surface area contributed by atoms with Crippen LogP contribution in [0.5, 0.6) is 5.75 Å². The number of nitrogens with one attached hydrogen (secondary N) is 1. The van der Waals surface area contributed by atoms with E-state index in [2.05, 4.69) is 5.32 Å². The Morgan fingerprint density at radius 2 is 1.64 bits per heavy atom. The third-order valence-corrected chi connectivity index (χ3v) is 10.8. The molecule has 0 radical (unpaired) electrons. The number of hydrogen-bond donors (Lipinski definition) is 1. The Morgan fingerprint density at radius 3 is 2.18 bits per heavy atom. The van der Waals surface area contributed by atoms with Crippen LogP contribution in [-0.4, -0.2) is 71.7 Å². The summed E-state index contributed by atoms with van der Waals surface area (Å²) in [4.78, 5) is 0.0246. The van der Waals surface area contributed by atoms with Crippen molar-refractivity contribution in [3.63, 3.8) is 0 Å². The zero-order valence-corrected chi connectivity index (χ0v) is 18.2. The Bertz CT molecular complexity index is 1030. The Morgan fingerprint density at radius 1 is 1.00 bits per heavy atom. The molecule has 0 aromatic heterocycles. The second-order valence-electron chi connectivity index (χ2n) is 7.67. The average Bonchev–Trinajstić information content (AvgIpc) is 3.06. The lowest BCUT2D eigenvalue weighted by molar-refractivity contribution is 0.242. The second-order valence-corrected chi connectivity index (χ2v) is 14.2. The van der Waals surface area contributed by atoms with Crippen LogP contribution in [0.2, 0.25) is 0 Å². The van der Waals surface area contributed by atoms with Crippen molar-refractivity contribution in [1.29, 1.82) is 0 Å². The lowest BCUT2D eigenvalue weighted by Crippen LogP contribution is -2.48. The van der Waals surface area contributed by atoms with Crippen molar-refractivity contribution in [3.05, 3.63) is 24.3 Å². The standard InChI is InChI=1S/C17H25NO7S3/c1-12(2)25-14-3-5-15(6-4-14)28(23,24)17-11-27(21,22)10-16(17)18-13-7-8-26(19,20)9-13/h3-6,12-13,16-18H,7-11H2,1-2H3/t13?,16-,17-/m0/s1. The Hall–Kier alpha value is -1.17. The number of sulfone groups is 3. The molecule has 3 rings (SSSR count). The molecule has 2 saturated heterocycles. The van der Waals surface area contributed by atoms with Gasteiger partial charge in [-0.3, -0.25) is 0 Å². The predicted octanol–water partition coefficient (Wildman–Crippen LogP) is 0.190. The van der Waals surface area contributed by atoms with Gasteiger partial charge in [0.05, 0.1) is 39.3 Å². The van der Waals surface area contributed by atoms with Gasteiger partial charge in [0.25, 0.3) is 0 Å². The van der Waals surface area contributed by atoms with Crippen LogP contribution in [0.25, 0.3) is 0 Å². The van der Waals surface area contributed by atoms with E-state index in [-0.39, 0.29) is 28.3 Å². The smallest absolute Gasteiger partial charge is 0.183 e. The zero-order chi connectivity index (χ0) is 20.7. The molecule has 1 aromatic rings. The fourth-order valence-corrected chi connectivity index (χ4v) is 10.0. The number of rotatable bonds is 6. The normalized spacial score (nSPS) is 29.2. The summed E-state index contributed by atoms with van der Waals surface area (Å²) in [7, 11) is -10.6. The summed E-state index contributed by atoms with van der Waals surface area (Å²) in [5, 5.41) is 1.84. The highest BCUT2D eigenvalue weighted by molar-refractivity contribution is 7.96. The van der Waals surface area contributed by atoms with Gasteiger partial charge in [-0.05, 0) is 44.5 Å². The van der Waals surface area contributed by atoms with Crippen molar-refractivity contribution in [2.24, 2.45) is 0 Å². The van der Waals surface area contributed by atoms with Gasteiger partial charge in [0.1, 0.15) is 5.75 Å². The highest BCUT2D eigenvalue weighted by atomic mass is 32.2. The van der Waals surface area contributed by atoms with Crippen molar-refractivity contribution in [1.82, 2.24) is 5.32 Å². The van der Waals surface area contributed by atoms with Gasteiger partial charge >= 0.3 is 0 Å². The number of ether oxygens (including phenoxy) is 1. The lowest BCUT2D eigenvalue weighted by Gasteiger charge is -2.23. The number of hydrogen-bond acceptors (Lipinski definition) is 8. The maximum atomic E-state index is 13.1. The molecule has 1 N–H and O–H groups in total. The summed E-state index contributed by atoms with van der Waals surface area (Å²) in [6, 6.07) is 4.65. The fraction of sp³-hybridized carbons (Fsp3) is 0.647. The molecule has 3 atom stereocenters. The molecule has 0 saturated carbocycles. The fourth-order valence-electron chi connectivity index (χ4n) is 3.66. The van der Waals surface area contributed by atoms with Gasteiger partial charge in [0.15, 0.2) is 29.5 Å². The van der Waals surface area contributed by atoms with E-state index >= 15 is 0 Å². The van der Waals surface area contributed by atoms with Gasteiger partial charge in [-0.25, -0.2) is 25.3 Å². The summed E-state index contributed by atoms with van der Waals surface area (Å²) in [6.07, 6.45) is 0.297. The minimum atomic E-state index is -3.92. The van der Waals surface area contributed by atoms with E-state index in [9.17, 15) is 25.3 Å². The Balaban J connectivity index is 1.83. The van der Waals surface area contributed by atoms with Gasteiger partial charge in [0, 0.05) is 12.1 Å². The van der Waals surface area contributed by atoms with Crippen LogP contribution < -0.4 is 10.1 Å². The summed E-state index contributed by atoms with van der Waals surface area (Å²) in [6.45, 7) is 3.71. The molecular formula is C17H25NO7S3. The van der Waals surface area contributed by atoms with Crippen molar-refractivity contribution in [3.8, 4) is 5.75 Å². The first-order chi connectivity index (χ1) is 12.9. The minimum absolute atomic E-state index is 0.0246. The minimum Gasteiger partial charge on any atom is -0.491 e. The van der Waals surface area contributed by atoms with Gasteiger partial charge in [0.2, 0.25) is 0 Å². The van der Waals surface area contributed by atoms with Crippen LogP contribution in [0.4, 0.5) is 0 Å². The molecule has 2 aliphatic heterocycles. The van der Waals surface area contributed by atoms with Gasteiger partial charge < -0.3 is 10.1 Å². The molecule has 158 valence electrons. The number of benzene rings is 1. The molecule has 0 bridgehead atoms. The maximum Gasteiger partial charge on any atom is 0.183 e. The molecular weight excluding hydrogens is 426 g/mol. The largest absolute Gasteiger partial charge is 0.491 e. The van der Waals surface area contributed by atoms with Crippen LogP contribution in [0, 0.1) is 0 Å². The van der Waals surface area contributed by atoms with Gasteiger partial charge in [-0.1, -0.05) is 0 Å². The van der Waals surface area contributed by atoms with E-state index in [0.29, 0.717) is 12.2 Å². The molecule has 0 spiro atoms. The van der Waals surface area contributed by atoms with Crippen LogP contribution in [0.3, 0.4) is 0 Å². The summed E-state index contributed by atoms with van der Waals surface area (Å²) < 4.78 is 79.4. The zero-order valence-electron chi connectivity index (χ0n) is 15.7. The van der Waals surface area contributed by atoms with Gasteiger partial charge in [-0.15, -0.1) is 0 Å². The molecule has 28 heavy (non-hydrogen) atoms. The quantitative estimate of drug-likeness (QED) is 0.650. The monoisotopic (exact) mass is 451 g/mol. The van der Waals surface area contributed by atoms with E-state index in [4.69, 9.17) is 4.74 Å². The predicted molar refractivity (Wildman–Crippen MR) is 106 cm³/mol. The molecule has 1 aromatic carbocycles. The van der Waals surface area contributed by atoms with Gasteiger partial charge in [-0.2, -0.15) is 0 Å². The van der Waals surface area contributed by atoms with E-state index in [1.165, 1.54) is 12.1 Å². The van der Waals surface area contributed by atoms with Crippen LogP contribution in [0.15, 0.2) is 29.2 Å². The SMILES string of the molecule is CC(C)Oc1ccc(S(=O)(=O)[C@H]2CS(=O)(=O)C[C@@H]2NC2CCS(=O)(=O)C2)cc1. The van der Waals surface area contributed by atoms with Crippen molar-refractivity contribution >= 4 is 29.5 Å². The first kappa shape index (κ1) is 21.5. The molecule has 2 aliphatic rings. The maximum absolute atomic E-state index is 13.1. The molecule has 0 amide bonds. The molecule has 0 aliphatic carbocycles. The van der Waals surface area contributed by atoms with E-state index in [1.807, 2.05) is 13.8 Å². The Labute approximate surface area is 166 Å². The van der Waals surface area contributed by atoms with Crippen molar-refractivity contribution in [2.75, 3.05) is 23.0 Å².